The number of aromatic nitrogens is 3. The van der Waals surface area contributed by atoms with Crippen molar-refractivity contribution >= 4 is 11.6 Å². The Bertz CT molecular complexity index is 521. The summed E-state index contributed by atoms with van der Waals surface area (Å²) in [4.78, 5) is 11.8. The van der Waals surface area contributed by atoms with Gasteiger partial charge in [0.05, 0.1) is 6.61 Å². The topological polar surface area (TPSA) is 56.5 Å². The van der Waals surface area contributed by atoms with Crippen LogP contribution in [0.15, 0.2) is 24.4 Å². The van der Waals surface area contributed by atoms with Crippen molar-refractivity contribution in [2.45, 2.75) is 26.2 Å². The maximum Gasteiger partial charge on any atom is 0.316 e. The van der Waals surface area contributed by atoms with Gasteiger partial charge in [-0.25, -0.2) is 0 Å². The Morgan fingerprint density at radius 1 is 1.41 bits per heavy atom. The van der Waals surface area contributed by atoms with Crippen LogP contribution < -0.4 is 0 Å². The summed E-state index contributed by atoms with van der Waals surface area (Å²) in [5.74, 6) is 0.0436. The van der Waals surface area contributed by atoms with Crippen LogP contribution in [-0.2, 0) is 9.53 Å². The number of esters is 1. The molecule has 0 aliphatic carbocycles. The molecule has 0 spiro atoms. The van der Waals surface area contributed by atoms with Crippen LogP contribution in [0.1, 0.15) is 32.0 Å². The smallest absolute Gasteiger partial charge is 0.316 e. The minimum atomic E-state index is -0.354. The monoisotopic (exact) mass is 233 g/mol. The van der Waals surface area contributed by atoms with Gasteiger partial charge in [-0.1, -0.05) is 13.0 Å². The highest BCUT2D eigenvalue weighted by Gasteiger charge is 2.24. The average molecular weight is 233 g/mol. The maximum absolute atomic E-state index is 11.8. The van der Waals surface area contributed by atoms with Crippen LogP contribution in [0.5, 0.6) is 0 Å². The average Bonchev–Trinajstić information content (AvgIpc) is 2.75. The number of hydrogen-bond acceptors (Lipinski definition) is 4. The van der Waals surface area contributed by atoms with Gasteiger partial charge in [0.1, 0.15) is 5.92 Å². The van der Waals surface area contributed by atoms with E-state index in [1.54, 1.807) is 6.92 Å². The Kier molecular flexibility index (Phi) is 3.37. The second kappa shape index (κ2) is 4.95. The van der Waals surface area contributed by atoms with Crippen molar-refractivity contribution in [3.8, 4) is 0 Å². The lowest BCUT2D eigenvalue weighted by molar-refractivity contribution is -0.145. The van der Waals surface area contributed by atoms with E-state index in [4.69, 9.17) is 4.74 Å². The predicted octanol–water partition coefficient (Wildman–Crippen LogP) is 1.79. The zero-order valence-electron chi connectivity index (χ0n) is 9.96. The molecule has 1 atom stereocenters. The molecule has 0 aliphatic rings. The molecule has 0 aromatic carbocycles. The van der Waals surface area contributed by atoms with Gasteiger partial charge < -0.3 is 4.74 Å². The van der Waals surface area contributed by atoms with Gasteiger partial charge in [-0.3, -0.25) is 9.20 Å². The highest BCUT2D eigenvalue weighted by molar-refractivity contribution is 5.77. The van der Waals surface area contributed by atoms with Crippen molar-refractivity contribution in [2.24, 2.45) is 0 Å². The molecule has 2 aromatic heterocycles. The van der Waals surface area contributed by atoms with Crippen molar-refractivity contribution in [3.63, 3.8) is 0 Å². The number of ether oxygens (including phenoxy) is 1. The standard InChI is InChI=1S/C12H15N3O2/c1-3-9(12(16)17-4-2)11-14-13-10-7-5-6-8-15(10)11/h5-9H,3-4H2,1-2H3. The molecule has 5 heteroatoms. The molecule has 2 rings (SSSR count). The molecule has 0 radical (unpaired) electrons. The first-order valence-electron chi connectivity index (χ1n) is 5.74. The fourth-order valence-electron chi connectivity index (χ4n) is 1.80. The van der Waals surface area contributed by atoms with E-state index in [0.717, 1.165) is 5.65 Å². The van der Waals surface area contributed by atoms with Crippen molar-refractivity contribution in [2.75, 3.05) is 6.61 Å². The van der Waals surface area contributed by atoms with E-state index < -0.39 is 0 Å². The Morgan fingerprint density at radius 2 is 2.24 bits per heavy atom. The third kappa shape index (κ3) is 2.13. The first kappa shape index (κ1) is 11.6. The summed E-state index contributed by atoms with van der Waals surface area (Å²) in [6.07, 6.45) is 2.50. The molecule has 0 bridgehead atoms. The normalized spacial score (nSPS) is 12.6. The van der Waals surface area contributed by atoms with Crippen LogP contribution in [0.4, 0.5) is 0 Å². The largest absolute Gasteiger partial charge is 0.465 e. The number of carbonyl (C=O) groups excluding carboxylic acids is 1. The minimum absolute atomic E-state index is 0.242. The molecule has 0 amide bonds. The Balaban J connectivity index is 2.40. The number of fused-ring (bicyclic) bond motifs is 1. The van der Waals surface area contributed by atoms with Crippen LogP contribution in [0, 0.1) is 0 Å². The zero-order valence-corrected chi connectivity index (χ0v) is 9.96. The minimum Gasteiger partial charge on any atom is -0.465 e. The Morgan fingerprint density at radius 3 is 2.94 bits per heavy atom. The van der Waals surface area contributed by atoms with E-state index in [-0.39, 0.29) is 11.9 Å². The van der Waals surface area contributed by atoms with Gasteiger partial charge in [0, 0.05) is 6.20 Å². The first-order valence-corrected chi connectivity index (χ1v) is 5.74. The predicted molar refractivity (Wildman–Crippen MR) is 62.7 cm³/mol. The molecule has 0 saturated heterocycles. The molecule has 0 aliphatic heterocycles. The Hall–Kier alpha value is -1.91. The van der Waals surface area contributed by atoms with Crippen molar-refractivity contribution in [1.29, 1.82) is 0 Å². The number of rotatable bonds is 4. The lowest BCUT2D eigenvalue weighted by atomic mass is 10.1. The van der Waals surface area contributed by atoms with E-state index in [2.05, 4.69) is 10.2 Å². The summed E-state index contributed by atoms with van der Waals surface area (Å²) >= 11 is 0. The van der Waals surface area contributed by atoms with Crippen molar-refractivity contribution < 1.29 is 9.53 Å². The van der Waals surface area contributed by atoms with Gasteiger partial charge in [-0.05, 0) is 25.5 Å². The summed E-state index contributed by atoms with van der Waals surface area (Å²) in [6.45, 7) is 4.12. The van der Waals surface area contributed by atoms with Crippen LogP contribution in [0.3, 0.4) is 0 Å². The van der Waals surface area contributed by atoms with Gasteiger partial charge in [-0.2, -0.15) is 0 Å². The highest BCUT2D eigenvalue weighted by atomic mass is 16.5. The van der Waals surface area contributed by atoms with E-state index in [9.17, 15) is 4.79 Å². The molecule has 5 nitrogen and oxygen atoms in total. The molecular formula is C12H15N3O2. The maximum atomic E-state index is 11.8. The summed E-state index contributed by atoms with van der Waals surface area (Å²) < 4.78 is 6.87. The molecule has 2 aromatic rings. The number of pyridine rings is 1. The SMILES string of the molecule is CCOC(=O)C(CC)c1nnc2ccccn12. The second-order valence-electron chi connectivity index (χ2n) is 3.70. The molecule has 0 fully saturated rings. The fraction of sp³-hybridized carbons (Fsp3) is 0.417. The molecule has 0 N–H and O–H groups in total. The van der Waals surface area contributed by atoms with Crippen LogP contribution in [-0.4, -0.2) is 27.2 Å². The van der Waals surface area contributed by atoms with Crippen LogP contribution >= 0.6 is 0 Å². The quantitative estimate of drug-likeness (QED) is 0.755. The second-order valence-corrected chi connectivity index (χ2v) is 3.70. The lowest BCUT2D eigenvalue weighted by Gasteiger charge is -2.11. The van der Waals surface area contributed by atoms with E-state index >= 15 is 0 Å². The molecule has 90 valence electrons. The summed E-state index contributed by atoms with van der Waals surface area (Å²) in [7, 11) is 0. The number of carbonyl (C=O) groups is 1. The van der Waals surface area contributed by atoms with Crippen LogP contribution in [0.2, 0.25) is 0 Å². The zero-order chi connectivity index (χ0) is 12.3. The van der Waals surface area contributed by atoms with E-state index in [1.165, 1.54) is 0 Å². The van der Waals surface area contributed by atoms with Gasteiger partial charge >= 0.3 is 5.97 Å². The number of nitrogens with zero attached hydrogens (tertiary/aromatic N) is 3. The van der Waals surface area contributed by atoms with Crippen LogP contribution in [0.25, 0.3) is 5.65 Å². The van der Waals surface area contributed by atoms with Gasteiger partial charge in [0.15, 0.2) is 11.5 Å². The van der Waals surface area contributed by atoms with E-state index in [0.29, 0.717) is 18.9 Å². The molecule has 0 saturated carbocycles. The van der Waals surface area contributed by atoms with Gasteiger partial charge in [0.2, 0.25) is 0 Å². The molecule has 2 heterocycles. The molecule has 1 unspecified atom stereocenters. The third-order valence-corrected chi connectivity index (χ3v) is 2.63. The first-order chi connectivity index (χ1) is 8.27. The molecular weight excluding hydrogens is 218 g/mol. The summed E-state index contributed by atoms with van der Waals surface area (Å²) in [6, 6.07) is 5.63. The number of hydrogen-bond donors (Lipinski definition) is 0. The highest BCUT2D eigenvalue weighted by Crippen LogP contribution is 2.19. The summed E-state index contributed by atoms with van der Waals surface area (Å²) in [5, 5.41) is 8.12. The van der Waals surface area contributed by atoms with Gasteiger partial charge in [0.25, 0.3) is 0 Å². The molecule has 17 heavy (non-hydrogen) atoms. The van der Waals surface area contributed by atoms with Crippen molar-refractivity contribution in [3.05, 3.63) is 30.2 Å². The Labute approximate surface area is 99.4 Å². The van der Waals surface area contributed by atoms with E-state index in [1.807, 2.05) is 35.7 Å². The summed E-state index contributed by atoms with van der Waals surface area (Å²) in [5.41, 5.74) is 0.741. The van der Waals surface area contributed by atoms with Crippen molar-refractivity contribution in [1.82, 2.24) is 14.6 Å². The fourth-order valence-corrected chi connectivity index (χ4v) is 1.80. The lowest BCUT2D eigenvalue weighted by Crippen LogP contribution is -2.17. The van der Waals surface area contributed by atoms with Gasteiger partial charge in [-0.15, -0.1) is 10.2 Å². The third-order valence-electron chi connectivity index (χ3n) is 2.63.